The van der Waals surface area contributed by atoms with Gasteiger partial charge in [-0.1, -0.05) is 66.4 Å². The number of hydrogen-bond acceptors (Lipinski definition) is 7. The first-order valence-corrected chi connectivity index (χ1v) is 11.6. The molecule has 0 aliphatic carbocycles. The van der Waals surface area contributed by atoms with Crippen LogP contribution in [0.15, 0.2) is 96.7 Å². The van der Waals surface area contributed by atoms with Crippen molar-refractivity contribution in [3.8, 4) is 22.9 Å². The van der Waals surface area contributed by atoms with Crippen molar-refractivity contribution in [1.82, 2.24) is 15.2 Å². The summed E-state index contributed by atoms with van der Waals surface area (Å²) in [5.41, 5.74) is 4.50. The van der Waals surface area contributed by atoms with Gasteiger partial charge in [0.25, 0.3) is 0 Å². The van der Waals surface area contributed by atoms with Crippen LogP contribution in [0.2, 0.25) is 0 Å². The third-order valence-corrected chi connectivity index (χ3v) is 5.93. The van der Waals surface area contributed by atoms with Crippen molar-refractivity contribution in [1.29, 1.82) is 0 Å². The number of hydrogen-bond donors (Lipinski definition) is 1. The number of para-hydroxylation sites is 1. The van der Waals surface area contributed by atoms with Crippen LogP contribution in [-0.2, 0) is 6.61 Å². The summed E-state index contributed by atoms with van der Waals surface area (Å²) >= 11 is 1.46. The Morgan fingerprint density at radius 2 is 1.76 bits per heavy atom. The summed E-state index contributed by atoms with van der Waals surface area (Å²) in [5, 5.41) is 12.7. The number of benzene rings is 3. The van der Waals surface area contributed by atoms with E-state index < -0.39 is 6.23 Å². The van der Waals surface area contributed by atoms with Crippen LogP contribution < -0.4 is 14.8 Å². The average Bonchev–Trinajstić information content (AvgIpc) is 3.03. The zero-order valence-corrected chi connectivity index (χ0v) is 18.7. The molecule has 1 aliphatic rings. The highest BCUT2D eigenvalue weighted by atomic mass is 32.2. The fourth-order valence-corrected chi connectivity index (χ4v) is 3.99. The Balaban J connectivity index is 1.40. The van der Waals surface area contributed by atoms with Gasteiger partial charge in [-0.05, 0) is 35.9 Å². The summed E-state index contributed by atoms with van der Waals surface area (Å²) in [6.07, 6.45) is 1.37. The molecule has 1 aliphatic heterocycles. The maximum Gasteiger partial charge on any atom is 0.247 e. The minimum atomic E-state index is -0.440. The molecule has 7 heteroatoms. The minimum Gasteiger partial charge on any atom is -0.489 e. The van der Waals surface area contributed by atoms with E-state index in [0.29, 0.717) is 29.1 Å². The molecule has 1 atom stereocenters. The molecule has 0 saturated carbocycles. The molecule has 5 rings (SSSR count). The second-order valence-electron chi connectivity index (χ2n) is 7.38. The predicted octanol–water partition coefficient (Wildman–Crippen LogP) is 5.90. The summed E-state index contributed by atoms with van der Waals surface area (Å²) < 4.78 is 12.2. The summed E-state index contributed by atoms with van der Waals surface area (Å²) in [7, 11) is 0. The van der Waals surface area contributed by atoms with Crippen LogP contribution in [0, 0.1) is 0 Å². The molecule has 0 spiro atoms. The molecule has 6 nitrogen and oxygen atoms in total. The fourth-order valence-electron chi connectivity index (χ4n) is 3.47. The van der Waals surface area contributed by atoms with E-state index in [1.54, 1.807) is 0 Å². The number of anilines is 1. The van der Waals surface area contributed by atoms with Crippen LogP contribution in [0.4, 0.5) is 5.69 Å². The lowest BCUT2D eigenvalue weighted by atomic mass is 10.1. The van der Waals surface area contributed by atoms with E-state index in [1.807, 2.05) is 84.9 Å². The highest BCUT2D eigenvalue weighted by molar-refractivity contribution is 7.99. The van der Waals surface area contributed by atoms with Crippen LogP contribution in [0.1, 0.15) is 17.4 Å². The lowest BCUT2D eigenvalue weighted by Gasteiger charge is -2.19. The normalized spacial score (nSPS) is 14.1. The third-order valence-electron chi connectivity index (χ3n) is 5.10. The second kappa shape index (κ2) is 9.75. The Morgan fingerprint density at radius 1 is 0.970 bits per heavy atom. The smallest absolute Gasteiger partial charge is 0.247 e. The van der Waals surface area contributed by atoms with E-state index in [2.05, 4.69) is 27.1 Å². The number of rotatable bonds is 7. The second-order valence-corrected chi connectivity index (χ2v) is 8.37. The van der Waals surface area contributed by atoms with Gasteiger partial charge in [-0.15, -0.1) is 16.8 Å². The van der Waals surface area contributed by atoms with Gasteiger partial charge >= 0.3 is 0 Å². The molecule has 0 unspecified atom stereocenters. The first-order chi connectivity index (χ1) is 16.3. The molecule has 1 N–H and O–H groups in total. The van der Waals surface area contributed by atoms with Crippen molar-refractivity contribution in [3.05, 3.63) is 103 Å². The molecule has 3 aromatic carbocycles. The van der Waals surface area contributed by atoms with Crippen molar-refractivity contribution in [2.45, 2.75) is 18.0 Å². The number of nitrogens with zero attached hydrogens (tertiary/aromatic N) is 3. The molecule has 0 bridgehead atoms. The standard InChI is InChI=1S/C26H22N4O2S/c1-2-16-33-26-28-25-23(29-30-26)21-10-6-7-11-22(21)27-24(32-25)19-12-14-20(15-13-19)31-17-18-8-4-3-5-9-18/h2-15,24,27H,1,16-17H2/t24-/m1/s1. The number of thioether (sulfide) groups is 1. The van der Waals surface area contributed by atoms with Crippen LogP contribution >= 0.6 is 11.8 Å². The highest BCUT2D eigenvalue weighted by Gasteiger charge is 2.26. The molecular weight excluding hydrogens is 432 g/mol. The Morgan fingerprint density at radius 3 is 2.58 bits per heavy atom. The van der Waals surface area contributed by atoms with Gasteiger partial charge in [0.1, 0.15) is 12.4 Å². The third kappa shape index (κ3) is 4.83. The Bertz CT molecular complexity index is 1250. The summed E-state index contributed by atoms with van der Waals surface area (Å²) in [6, 6.07) is 25.9. The van der Waals surface area contributed by atoms with Crippen molar-refractivity contribution >= 4 is 17.4 Å². The molecule has 0 amide bonds. The molecule has 2 heterocycles. The molecule has 0 radical (unpaired) electrons. The number of ether oxygens (including phenoxy) is 2. The Hall–Kier alpha value is -3.84. The fraction of sp³-hybridized carbons (Fsp3) is 0.115. The summed E-state index contributed by atoms with van der Waals surface area (Å²) in [6.45, 7) is 4.27. The first kappa shape index (κ1) is 21.0. The van der Waals surface area contributed by atoms with Gasteiger partial charge in [-0.2, -0.15) is 4.98 Å². The molecule has 0 saturated heterocycles. The maximum absolute atomic E-state index is 6.31. The van der Waals surface area contributed by atoms with Gasteiger partial charge in [-0.3, -0.25) is 0 Å². The largest absolute Gasteiger partial charge is 0.489 e. The van der Waals surface area contributed by atoms with Gasteiger partial charge in [0.05, 0.1) is 0 Å². The van der Waals surface area contributed by atoms with E-state index >= 15 is 0 Å². The topological polar surface area (TPSA) is 69.2 Å². The number of nitrogens with one attached hydrogen (secondary N) is 1. The monoisotopic (exact) mass is 454 g/mol. The predicted molar refractivity (Wildman–Crippen MR) is 130 cm³/mol. The summed E-state index contributed by atoms with van der Waals surface area (Å²) in [5.74, 6) is 1.94. The minimum absolute atomic E-state index is 0.440. The van der Waals surface area contributed by atoms with Gasteiger partial charge in [0, 0.05) is 22.6 Å². The van der Waals surface area contributed by atoms with Crippen LogP contribution in [-0.4, -0.2) is 20.9 Å². The van der Waals surface area contributed by atoms with Crippen molar-refractivity contribution in [2.24, 2.45) is 0 Å². The number of aromatic nitrogens is 3. The Labute approximate surface area is 196 Å². The molecule has 33 heavy (non-hydrogen) atoms. The summed E-state index contributed by atoms with van der Waals surface area (Å²) in [4.78, 5) is 4.62. The van der Waals surface area contributed by atoms with Crippen LogP contribution in [0.3, 0.4) is 0 Å². The van der Waals surface area contributed by atoms with Crippen molar-refractivity contribution in [3.63, 3.8) is 0 Å². The van der Waals surface area contributed by atoms with Gasteiger partial charge in [0.15, 0.2) is 11.9 Å². The average molecular weight is 455 g/mol. The molecule has 1 aromatic heterocycles. The number of fused-ring (bicyclic) bond motifs is 3. The quantitative estimate of drug-likeness (QED) is 0.275. The van der Waals surface area contributed by atoms with Crippen molar-refractivity contribution < 1.29 is 9.47 Å². The van der Waals surface area contributed by atoms with Gasteiger partial charge in [-0.25, -0.2) is 0 Å². The van der Waals surface area contributed by atoms with E-state index in [0.717, 1.165) is 28.1 Å². The van der Waals surface area contributed by atoms with E-state index in [-0.39, 0.29) is 0 Å². The van der Waals surface area contributed by atoms with E-state index in [4.69, 9.17) is 9.47 Å². The van der Waals surface area contributed by atoms with Crippen LogP contribution in [0.5, 0.6) is 11.6 Å². The molecule has 4 aromatic rings. The zero-order valence-electron chi connectivity index (χ0n) is 17.8. The SMILES string of the molecule is C=CCSc1nnc2c(n1)O[C@H](c1ccc(OCc3ccccc3)cc1)Nc1ccccc1-2. The van der Waals surface area contributed by atoms with Gasteiger partial charge < -0.3 is 14.8 Å². The highest BCUT2D eigenvalue weighted by Crippen LogP contribution is 2.39. The molecule has 164 valence electrons. The first-order valence-electron chi connectivity index (χ1n) is 10.6. The Kier molecular flexibility index (Phi) is 6.21. The molecular formula is C26H22N4O2S. The lowest BCUT2D eigenvalue weighted by molar-refractivity contribution is 0.225. The lowest BCUT2D eigenvalue weighted by Crippen LogP contribution is -2.17. The zero-order chi connectivity index (χ0) is 22.5. The molecule has 0 fully saturated rings. The maximum atomic E-state index is 6.31. The van der Waals surface area contributed by atoms with E-state index in [1.165, 1.54) is 11.8 Å². The van der Waals surface area contributed by atoms with Crippen molar-refractivity contribution in [2.75, 3.05) is 11.1 Å². The van der Waals surface area contributed by atoms with Crippen LogP contribution in [0.25, 0.3) is 11.3 Å². The van der Waals surface area contributed by atoms with E-state index in [9.17, 15) is 0 Å². The van der Waals surface area contributed by atoms with Gasteiger partial charge in [0.2, 0.25) is 11.0 Å².